The van der Waals surface area contributed by atoms with Crippen molar-refractivity contribution < 1.29 is 13.9 Å². The van der Waals surface area contributed by atoms with Crippen LogP contribution in [0.4, 0.5) is 4.39 Å². The molecule has 2 saturated carbocycles. The third-order valence-corrected chi connectivity index (χ3v) is 6.88. The summed E-state index contributed by atoms with van der Waals surface area (Å²) in [7, 11) is 0. The van der Waals surface area contributed by atoms with Crippen molar-refractivity contribution in [3.05, 3.63) is 30.1 Å². The molecule has 0 aliphatic heterocycles. The van der Waals surface area contributed by atoms with Crippen LogP contribution in [0.15, 0.2) is 24.3 Å². The maximum absolute atomic E-state index is 12.9. The van der Waals surface area contributed by atoms with Gasteiger partial charge in [0.05, 0.1) is 0 Å². The second-order valence-electron chi connectivity index (χ2n) is 8.83. The quantitative estimate of drug-likeness (QED) is 0.382. The van der Waals surface area contributed by atoms with Crippen molar-refractivity contribution in [2.24, 2.45) is 23.7 Å². The minimum atomic E-state index is -0.313. The van der Waals surface area contributed by atoms with Gasteiger partial charge >= 0.3 is 5.97 Å². The lowest BCUT2D eigenvalue weighted by molar-refractivity contribution is -0.134. The molecule has 2 aliphatic rings. The molecule has 0 N–H and O–H groups in total. The van der Waals surface area contributed by atoms with Gasteiger partial charge in [0, 0.05) is 6.42 Å². The first-order valence-electron chi connectivity index (χ1n) is 11.1. The van der Waals surface area contributed by atoms with E-state index in [2.05, 4.69) is 6.92 Å². The third-order valence-electron chi connectivity index (χ3n) is 6.88. The van der Waals surface area contributed by atoms with E-state index in [0.29, 0.717) is 18.1 Å². The van der Waals surface area contributed by atoms with Crippen molar-refractivity contribution in [2.45, 2.75) is 84.0 Å². The average Bonchev–Trinajstić information content (AvgIpc) is 2.69. The number of benzene rings is 1. The first-order valence-corrected chi connectivity index (χ1v) is 11.1. The van der Waals surface area contributed by atoms with Gasteiger partial charge < -0.3 is 4.74 Å². The van der Waals surface area contributed by atoms with E-state index in [1.54, 1.807) is 0 Å². The highest BCUT2D eigenvalue weighted by atomic mass is 19.1. The minimum absolute atomic E-state index is 0.191. The lowest BCUT2D eigenvalue weighted by Crippen LogP contribution is -2.27. The summed E-state index contributed by atoms with van der Waals surface area (Å²) in [5, 5.41) is 0. The number of rotatable bonds is 7. The second kappa shape index (κ2) is 10.2. The summed E-state index contributed by atoms with van der Waals surface area (Å²) >= 11 is 0. The topological polar surface area (TPSA) is 26.3 Å². The van der Waals surface area contributed by atoms with Gasteiger partial charge in [-0.1, -0.05) is 51.9 Å². The number of ether oxygens (including phenoxy) is 1. The molecule has 2 aliphatic carbocycles. The van der Waals surface area contributed by atoms with Crippen LogP contribution in [0.5, 0.6) is 5.75 Å². The number of hydrogen-bond donors (Lipinski definition) is 0. The van der Waals surface area contributed by atoms with Crippen LogP contribution in [0.1, 0.15) is 84.0 Å². The van der Waals surface area contributed by atoms with Crippen LogP contribution in [0, 0.1) is 29.5 Å². The molecule has 3 heteroatoms. The van der Waals surface area contributed by atoms with Gasteiger partial charge in [0.25, 0.3) is 0 Å². The average molecular weight is 375 g/mol. The molecule has 1 unspecified atom stereocenters. The molecule has 0 heterocycles. The van der Waals surface area contributed by atoms with Crippen LogP contribution in [-0.4, -0.2) is 5.97 Å². The summed E-state index contributed by atoms with van der Waals surface area (Å²) in [6.07, 6.45) is 15.1. The molecule has 27 heavy (non-hydrogen) atoms. The lowest BCUT2D eigenvalue weighted by atomic mass is 9.67. The molecule has 0 aromatic heterocycles. The van der Waals surface area contributed by atoms with E-state index in [4.69, 9.17) is 4.74 Å². The van der Waals surface area contributed by atoms with Crippen LogP contribution < -0.4 is 4.74 Å². The maximum Gasteiger partial charge on any atom is 0.311 e. The van der Waals surface area contributed by atoms with Gasteiger partial charge in [0.2, 0.25) is 0 Å². The van der Waals surface area contributed by atoms with E-state index in [9.17, 15) is 9.18 Å². The highest BCUT2D eigenvalue weighted by Gasteiger charge is 2.31. The Balaban J connectivity index is 1.39. The number of carbonyl (C=O) groups is 1. The van der Waals surface area contributed by atoms with E-state index in [-0.39, 0.29) is 11.8 Å². The fraction of sp³-hybridized carbons (Fsp3) is 0.708. The highest BCUT2D eigenvalue weighted by molar-refractivity contribution is 5.72. The molecule has 2 atom stereocenters. The van der Waals surface area contributed by atoms with E-state index in [1.807, 2.05) is 0 Å². The molecule has 2 fully saturated rings. The van der Waals surface area contributed by atoms with E-state index in [0.717, 1.165) is 24.2 Å². The molecule has 1 aromatic rings. The summed E-state index contributed by atoms with van der Waals surface area (Å²) in [5.74, 6) is 3.37. The summed E-state index contributed by atoms with van der Waals surface area (Å²) in [5.41, 5.74) is 0. The van der Waals surface area contributed by atoms with Crippen molar-refractivity contribution in [2.75, 3.05) is 0 Å². The Morgan fingerprint density at radius 1 is 0.963 bits per heavy atom. The fourth-order valence-electron chi connectivity index (χ4n) is 5.39. The predicted octanol–water partition coefficient (Wildman–Crippen LogP) is 6.92. The molecule has 0 saturated heterocycles. The van der Waals surface area contributed by atoms with Crippen LogP contribution in [0.25, 0.3) is 0 Å². The first-order chi connectivity index (χ1) is 13.1. The van der Waals surface area contributed by atoms with Gasteiger partial charge in [0.15, 0.2) is 0 Å². The third kappa shape index (κ3) is 6.33. The van der Waals surface area contributed by atoms with Gasteiger partial charge in [-0.15, -0.1) is 0 Å². The van der Waals surface area contributed by atoms with Crippen molar-refractivity contribution >= 4 is 5.97 Å². The van der Waals surface area contributed by atoms with Gasteiger partial charge in [-0.2, -0.15) is 0 Å². The van der Waals surface area contributed by atoms with Crippen molar-refractivity contribution in [1.82, 2.24) is 0 Å². The molecule has 0 spiro atoms. The molecular weight excluding hydrogens is 339 g/mol. The number of halogens is 1. The SMILES string of the molecule is CCC[C@H]1CC[C@H]([C@H]2CCCC(CCC(=O)Oc3ccc(F)cc3)C2)CC1. The van der Waals surface area contributed by atoms with Crippen molar-refractivity contribution in [3.8, 4) is 5.75 Å². The first kappa shape index (κ1) is 20.4. The zero-order chi connectivity index (χ0) is 19.1. The monoisotopic (exact) mass is 374 g/mol. The lowest BCUT2D eigenvalue weighted by Gasteiger charge is -2.38. The molecular formula is C24H35FO2. The van der Waals surface area contributed by atoms with Gasteiger partial charge in [-0.05, 0) is 73.6 Å². The summed E-state index contributed by atoms with van der Waals surface area (Å²) < 4.78 is 18.3. The smallest absolute Gasteiger partial charge is 0.311 e. The summed E-state index contributed by atoms with van der Waals surface area (Å²) in [6, 6.07) is 5.67. The van der Waals surface area contributed by atoms with Crippen molar-refractivity contribution in [3.63, 3.8) is 0 Å². The van der Waals surface area contributed by atoms with Crippen molar-refractivity contribution in [1.29, 1.82) is 0 Å². The van der Waals surface area contributed by atoms with Crippen LogP contribution >= 0.6 is 0 Å². The number of carbonyl (C=O) groups excluding carboxylic acids is 1. The van der Waals surface area contributed by atoms with Crippen LogP contribution in [-0.2, 0) is 4.79 Å². The molecule has 0 amide bonds. The molecule has 2 nitrogen and oxygen atoms in total. The van der Waals surface area contributed by atoms with Gasteiger partial charge in [-0.3, -0.25) is 4.79 Å². The zero-order valence-electron chi connectivity index (χ0n) is 16.8. The fourth-order valence-corrected chi connectivity index (χ4v) is 5.39. The Morgan fingerprint density at radius 3 is 2.41 bits per heavy atom. The molecule has 150 valence electrons. The highest BCUT2D eigenvalue weighted by Crippen LogP contribution is 2.43. The Morgan fingerprint density at radius 2 is 1.70 bits per heavy atom. The predicted molar refractivity (Wildman–Crippen MR) is 107 cm³/mol. The Labute approximate surface area is 163 Å². The molecule has 1 aromatic carbocycles. The Hall–Kier alpha value is -1.38. The van der Waals surface area contributed by atoms with Crippen LogP contribution in [0.2, 0.25) is 0 Å². The molecule has 0 bridgehead atoms. The Kier molecular flexibility index (Phi) is 7.72. The van der Waals surface area contributed by atoms with Gasteiger partial charge in [0.1, 0.15) is 11.6 Å². The summed E-state index contributed by atoms with van der Waals surface area (Å²) in [6.45, 7) is 2.30. The van der Waals surface area contributed by atoms with E-state index in [1.165, 1.54) is 88.5 Å². The number of esters is 1. The standard InChI is InChI=1S/C24H35FO2/c1-2-4-18-7-10-20(11-8-18)21-6-3-5-19(17-21)9-16-24(26)27-23-14-12-22(25)13-15-23/h12-15,18-21H,2-11,16-17H2,1H3/t18-,19?,20-,21-/m0/s1. The second-order valence-corrected chi connectivity index (χ2v) is 8.83. The molecule has 0 radical (unpaired) electrons. The zero-order valence-corrected chi connectivity index (χ0v) is 16.8. The maximum atomic E-state index is 12.9. The van der Waals surface area contributed by atoms with E-state index >= 15 is 0 Å². The van der Waals surface area contributed by atoms with Gasteiger partial charge in [-0.25, -0.2) is 4.39 Å². The van der Waals surface area contributed by atoms with E-state index < -0.39 is 0 Å². The normalized spacial score (nSPS) is 28.7. The molecule has 3 rings (SSSR count). The summed E-state index contributed by atoms with van der Waals surface area (Å²) in [4.78, 5) is 12.1. The van der Waals surface area contributed by atoms with Crippen LogP contribution in [0.3, 0.4) is 0 Å². The minimum Gasteiger partial charge on any atom is -0.427 e. The number of hydrogen-bond acceptors (Lipinski definition) is 2. The Bertz CT molecular complexity index is 575. The largest absolute Gasteiger partial charge is 0.427 e.